The van der Waals surface area contributed by atoms with E-state index >= 15 is 0 Å². The molecule has 0 N–H and O–H groups in total. The van der Waals surface area contributed by atoms with Crippen molar-refractivity contribution < 1.29 is 77.2 Å². The summed E-state index contributed by atoms with van der Waals surface area (Å²) in [7, 11) is 0. The van der Waals surface area contributed by atoms with Gasteiger partial charge in [-0.15, -0.1) is 12.1 Å². The predicted molar refractivity (Wildman–Crippen MR) is 30.9 cm³/mol. The Morgan fingerprint density at radius 3 is 1.36 bits per heavy atom. The summed E-state index contributed by atoms with van der Waals surface area (Å²) in [5.41, 5.74) is 1.07. The summed E-state index contributed by atoms with van der Waals surface area (Å²) < 4.78 is 0. The first-order valence-corrected chi connectivity index (χ1v) is 2.26. The molecule has 0 amide bonds. The van der Waals surface area contributed by atoms with Crippen LogP contribution in [0.1, 0.15) is 5.56 Å². The van der Waals surface area contributed by atoms with Gasteiger partial charge >= 0.3 is 39.9 Å². The molecule has 0 aliphatic heterocycles. The smallest absolute Gasteiger partial charge is 1.00 e. The molecule has 0 atom stereocenters. The second kappa shape index (κ2) is 13.8. The Morgan fingerprint density at radius 2 is 1.18 bits per heavy atom. The van der Waals surface area contributed by atoms with Crippen LogP contribution in [0.15, 0.2) is 30.3 Å². The second-order valence-electron chi connectivity index (χ2n) is 1.49. The molecule has 0 spiro atoms. The van der Waals surface area contributed by atoms with Crippen LogP contribution < -0.4 is 37.2 Å². The third-order valence-corrected chi connectivity index (χ3v) is 0.843. The Bertz CT molecular complexity index is 144. The number of benzene rings is 1. The average Bonchev–Trinajstić information content (AvgIpc) is 1.69. The van der Waals surface area contributed by atoms with E-state index in [1.165, 1.54) is 0 Å². The van der Waals surface area contributed by atoms with Gasteiger partial charge in [0.05, 0.1) is 0 Å². The molecule has 0 aliphatic carbocycles. The first kappa shape index (κ1) is 22.8. The number of hydrogen-bond acceptors (Lipinski definition) is 0. The molecule has 0 fully saturated rings. The van der Waals surface area contributed by atoms with E-state index in [0.717, 1.165) is 5.56 Å². The fraction of sp³-hybridized carbons (Fsp3) is 0. The van der Waals surface area contributed by atoms with Crippen LogP contribution in [-0.4, -0.2) is 0 Å². The van der Waals surface area contributed by atoms with Gasteiger partial charge in [0.2, 0.25) is 0 Å². The summed E-state index contributed by atoms with van der Waals surface area (Å²) in [4.78, 5) is 0. The van der Waals surface area contributed by atoms with E-state index in [4.69, 9.17) is 0 Å². The van der Waals surface area contributed by atoms with E-state index in [0.29, 0.717) is 0 Å². The maximum Gasteiger partial charge on any atom is 4.00 e. The van der Waals surface area contributed by atoms with Crippen molar-refractivity contribution in [2.24, 2.45) is 0 Å². The van der Waals surface area contributed by atoms with Crippen molar-refractivity contribution in [2.75, 3.05) is 0 Å². The summed E-state index contributed by atoms with van der Waals surface area (Å²) in [6, 6.07) is 9.87. The number of rotatable bonds is 0. The average molecular weight is 430 g/mol. The van der Waals surface area contributed by atoms with E-state index in [2.05, 4.69) is 6.92 Å². The zero-order chi connectivity index (χ0) is 5.11. The minimum Gasteiger partial charge on any atom is -1.00 e. The van der Waals surface area contributed by atoms with Crippen molar-refractivity contribution >= 4 is 0 Å². The molecule has 60 valence electrons. The fourth-order valence-corrected chi connectivity index (χ4v) is 0.478. The topological polar surface area (TPSA) is 0 Å². The molecule has 1 aromatic carbocycles. The van der Waals surface area contributed by atoms with Gasteiger partial charge in [-0.3, -0.25) is 0 Å². The van der Waals surface area contributed by atoms with Crippen molar-refractivity contribution in [2.45, 2.75) is 0 Å². The Hall–Kier alpha value is 1.28. The van der Waals surface area contributed by atoms with Gasteiger partial charge in [-0.25, -0.2) is 0 Å². The molecule has 0 heterocycles. The molecule has 0 saturated carbocycles. The molecule has 1 aromatic rings. The predicted octanol–water partition coefficient (Wildman–Crippen LogP) is -7.12. The first-order chi connectivity index (χ1) is 3.39. The molecule has 0 nitrogen and oxygen atoms in total. The van der Waals surface area contributed by atoms with Gasteiger partial charge in [-0.05, 0) is 0 Å². The maximum absolute atomic E-state index is 3.72. The van der Waals surface area contributed by atoms with Gasteiger partial charge in [0.1, 0.15) is 0 Å². The van der Waals surface area contributed by atoms with E-state index < -0.39 is 0 Å². The zero-order valence-corrected chi connectivity index (χ0v) is 12.1. The quantitative estimate of drug-likeness (QED) is 0.360. The standard InChI is InChI=1S/C7H7.3ClH.Th/c1-7-5-3-2-4-6-7;;;;/h2-6H,1H2;3*1H;/q-1;;;;+4/p-3. The minimum atomic E-state index is 0. The Kier molecular flexibility index (Phi) is 28.7. The van der Waals surface area contributed by atoms with Crippen LogP contribution in [-0.2, 0) is 0 Å². The van der Waals surface area contributed by atoms with Crippen LogP contribution in [0, 0.1) is 46.9 Å². The van der Waals surface area contributed by atoms with Gasteiger partial charge in [0.15, 0.2) is 0 Å². The van der Waals surface area contributed by atoms with Crippen LogP contribution in [0.3, 0.4) is 0 Å². The third-order valence-electron chi connectivity index (χ3n) is 0.843. The molecule has 0 aliphatic rings. The van der Waals surface area contributed by atoms with Crippen LogP contribution >= 0.6 is 0 Å². The third kappa shape index (κ3) is 11.3. The van der Waals surface area contributed by atoms with Gasteiger partial charge in [0.25, 0.3) is 0 Å². The Morgan fingerprint density at radius 1 is 0.818 bits per heavy atom. The van der Waals surface area contributed by atoms with Crippen LogP contribution in [0.25, 0.3) is 0 Å². The Labute approximate surface area is 118 Å². The molecule has 0 radical (unpaired) electrons. The van der Waals surface area contributed by atoms with Crippen molar-refractivity contribution in [1.29, 1.82) is 0 Å². The van der Waals surface area contributed by atoms with Gasteiger partial charge in [-0.1, -0.05) is 6.07 Å². The zero-order valence-electron chi connectivity index (χ0n) is 5.73. The van der Waals surface area contributed by atoms with Crippen molar-refractivity contribution in [3.63, 3.8) is 0 Å². The summed E-state index contributed by atoms with van der Waals surface area (Å²) in [6.45, 7) is 3.72. The molecule has 11 heavy (non-hydrogen) atoms. The van der Waals surface area contributed by atoms with Crippen molar-refractivity contribution in [1.82, 2.24) is 0 Å². The maximum atomic E-state index is 3.72. The fourth-order valence-electron chi connectivity index (χ4n) is 0.478. The van der Waals surface area contributed by atoms with Crippen LogP contribution in [0.2, 0.25) is 0 Å². The van der Waals surface area contributed by atoms with E-state index in [1.54, 1.807) is 0 Å². The van der Waals surface area contributed by atoms with Crippen LogP contribution in [0.5, 0.6) is 0 Å². The number of halogens is 3. The monoisotopic (exact) mass is 428 g/mol. The normalized spacial score (nSPS) is 5.45. The molecule has 4 heteroatoms. The van der Waals surface area contributed by atoms with Crippen LogP contribution in [0.4, 0.5) is 0 Å². The molecule has 0 bridgehead atoms. The van der Waals surface area contributed by atoms with E-state index in [-0.39, 0.29) is 77.2 Å². The largest absolute Gasteiger partial charge is 4.00 e. The molecular weight excluding hydrogens is 422 g/mol. The van der Waals surface area contributed by atoms with Crippen molar-refractivity contribution in [3.05, 3.63) is 42.8 Å². The summed E-state index contributed by atoms with van der Waals surface area (Å²) in [5, 5.41) is 0. The SMILES string of the molecule is [CH2-]c1ccccc1.[Cl-].[Cl-].[Cl-].[Th+4]. The first-order valence-electron chi connectivity index (χ1n) is 2.26. The van der Waals surface area contributed by atoms with Gasteiger partial charge in [0, 0.05) is 0 Å². The van der Waals surface area contributed by atoms with Gasteiger partial charge < -0.3 is 37.2 Å². The second-order valence-corrected chi connectivity index (χ2v) is 1.49. The molecule has 1 rings (SSSR count). The summed E-state index contributed by atoms with van der Waals surface area (Å²) in [6.07, 6.45) is 0. The van der Waals surface area contributed by atoms with Gasteiger partial charge in [-0.2, -0.15) is 24.6 Å². The Balaban J connectivity index is -0.0000000612. The summed E-state index contributed by atoms with van der Waals surface area (Å²) in [5.74, 6) is 0. The summed E-state index contributed by atoms with van der Waals surface area (Å²) >= 11 is 0. The molecule has 0 saturated heterocycles. The molecule has 0 aromatic heterocycles. The van der Waals surface area contributed by atoms with E-state index in [1.807, 2.05) is 30.3 Å². The van der Waals surface area contributed by atoms with E-state index in [9.17, 15) is 0 Å². The van der Waals surface area contributed by atoms with Crippen molar-refractivity contribution in [3.8, 4) is 0 Å². The minimum absolute atomic E-state index is 0. The molecular formula is C7H7Cl3Th. The molecule has 0 unspecified atom stereocenters. The number of hydrogen-bond donors (Lipinski definition) is 0.